The number of carboxylic acid groups (broad SMARTS) is 1. The van der Waals surface area contributed by atoms with E-state index in [4.69, 9.17) is 0 Å². The first-order chi connectivity index (χ1) is 9.11. The van der Waals surface area contributed by atoms with Gasteiger partial charge in [0.25, 0.3) is 0 Å². The molecule has 5 nitrogen and oxygen atoms in total. The Kier molecular flexibility index (Phi) is 4.21. The maximum atomic E-state index is 12.0. The largest absolute Gasteiger partial charge is 0.550 e. The number of thioether (sulfide) groups is 1. The summed E-state index contributed by atoms with van der Waals surface area (Å²) in [5.74, 6) is -1.44. The molecular weight excluding hydrogens is 264 g/mol. The molecule has 0 bridgehead atoms. The van der Waals surface area contributed by atoms with E-state index < -0.39 is 11.2 Å². The molecule has 6 heteroatoms. The molecule has 1 heterocycles. The second-order valence-corrected chi connectivity index (χ2v) is 5.16. The van der Waals surface area contributed by atoms with Crippen molar-refractivity contribution in [2.45, 2.75) is 18.6 Å². The number of hydrogen-bond donors (Lipinski definition) is 0. The van der Waals surface area contributed by atoms with E-state index in [-0.39, 0.29) is 12.3 Å². The molecule has 0 saturated carbocycles. The summed E-state index contributed by atoms with van der Waals surface area (Å²) in [6.07, 6.45) is -0.284. The molecular formula is C13H13N2O3S-. The summed E-state index contributed by atoms with van der Waals surface area (Å²) in [5, 5.41) is 10.5. The van der Waals surface area contributed by atoms with Crippen LogP contribution >= 0.6 is 11.8 Å². The van der Waals surface area contributed by atoms with Crippen LogP contribution < -0.4 is 5.11 Å². The second kappa shape index (κ2) is 5.88. The first kappa shape index (κ1) is 13.6. The van der Waals surface area contributed by atoms with Gasteiger partial charge in [-0.3, -0.25) is 9.69 Å². The molecule has 1 aliphatic rings. The molecule has 0 aromatic heterocycles. The fraction of sp³-hybridized carbons (Fsp3) is 0.308. The van der Waals surface area contributed by atoms with E-state index in [1.165, 1.54) is 16.7 Å². The lowest BCUT2D eigenvalue weighted by Crippen LogP contribution is -2.34. The van der Waals surface area contributed by atoms with Crippen LogP contribution in [0.5, 0.6) is 0 Å². The highest BCUT2D eigenvalue weighted by atomic mass is 32.2. The normalized spacial score (nSPS) is 21.1. The van der Waals surface area contributed by atoms with E-state index in [2.05, 4.69) is 4.99 Å². The van der Waals surface area contributed by atoms with Crippen molar-refractivity contribution in [2.24, 2.45) is 4.99 Å². The number of nitrogens with zero attached hydrogens (tertiary/aromatic N) is 2. The van der Waals surface area contributed by atoms with Crippen molar-refractivity contribution >= 4 is 34.5 Å². The standard InChI is InChI=1S/C13H14N2O3S/c1-2-15-12(18)10(8-11(16)17)19-13(15)14-9-6-4-3-5-7-9/h3-7,10H,2,8H2,1H3,(H,16,17)/p-1/t10-/m0/s1. The zero-order valence-electron chi connectivity index (χ0n) is 10.4. The Morgan fingerprint density at radius 3 is 2.68 bits per heavy atom. The van der Waals surface area contributed by atoms with Gasteiger partial charge in [-0.1, -0.05) is 30.0 Å². The van der Waals surface area contributed by atoms with Crippen molar-refractivity contribution < 1.29 is 14.7 Å². The van der Waals surface area contributed by atoms with Gasteiger partial charge in [-0.25, -0.2) is 4.99 Å². The molecule has 0 aliphatic carbocycles. The molecule has 100 valence electrons. The highest BCUT2D eigenvalue weighted by Crippen LogP contribution is 2.31. The van der Waals surface area contributed by atoms with Crippen LogP contribution in [0.3, 0.4) is 0 Å². The predicted molar refractivity (Wildman–Crippen MR) is 71.9 cm³/mol. The van der Waals surface area contributed by atoms with E-state index in [0.717, 1.165) is 5.69 Å². The smallest absolute Gasteiger partial charge is 0.242 e. The topological polar surface area (TPSA) is 72.8 Å². The molecule has 0 unspecified atom stereocenters. The molecule has 0 N–H and O–H groups in total. The van der Waals surface area contributed by atoms with Crippen LogP contribution in [0.15, 0.2) is 35.3 Å². The summed E-state index contributed by atoms with van der Waals surface area (Å²) in [6, 6.07) is 9.26. The summed E-state index contributed by atoms with van der Waals surface area (Å²) in [6.45, 7) is 2.31. The number of para-hydroxylation sites is 1. The van der Waals surface area contributed by atoms with Crippen LogP contribution in [0.1, 0.15) is 13.3 Å². The van der Waals surface area contributed by atoms with Crippen molar-refractivity contribution in [2.75, 3.05) is 6.54 Å². The van der Waals surface area contributed by atoms with Crippen LogP contribution in [0.25, 0.3) is 0 Å². The van der Waals surface area contributed by atoms with Gasteiger partial charge in [0.1, 0.15) is 0 Å². The fourth-order valence-electron chi connectivity index (χ4n) is 1.78. The molecule has 19 heavy (non-hydrogen) atoms. The average molecular weight is 277 g/mol. The molecule has 1 saturated heterocycles. The van der Waals surface area contributed by atoms with Gasteiger partial charge in [0.2, 0.25) is 5.91 Å². The summed E-state index contributed by atoms with van der Waals surface area (Å²) >= 11 is 1.18. The van der Waals surface area contributed by atoms with Crippen molar-refractivity contribution in [3.63, 3.8) is 0 Å². The minimum absolute atomic E-state index is 0.216. The summed E-state index contributed by atoms with van der Waals surface area (Å²) < 4.78 is 0. The van der Waals surface area contributed by atoms with Crippen LogP contribution in [-0.4, -0.2) is 33.7 Å². The second-order valence-electron chi connectivity index (χ2n) is 4.00. The number of hydrogen-bond acceptors (Lipinski definition) is 5. The third-order valence-corrected chi connectivity index (χ3v) is 3.84. The fourth-order valence-corrected chi connectivity index (χ4v) is 2.99. The molecule has 1 aromatic rings. The molecule has 0 spiro atoms. The van der Waals surface area contributed by atoms with Crippen molar-refractivity contribution in [1.29, 1.82) is 0 Å². The van der Waals surface area contributed by atoms with Crippen LogP contribution in [0, 0.1) is 0 Å². The van der Waals surface area contributed by atoms with E-state index in [1.807, 2.05) is 37.3 Å². The van der Waals surface area contributed by atoms with Gasteiger partial charge in [-0.05, 0) is 19.1 Å². The third kappa shape index (κ3) is 3.14. The maximum absolute atomic E-state index is 12.0. The van der Waals surface area contributed by atoms with Gasteiger partial charge in [-0.15, -0.1) is 0 Å². The van der Waals surface area contributed by atoms with Gasteiger partial charge >= 0.3 is 0 Å². The first-order valence-electron chi connectivity index (χ1n) is 5.93. The zero-order valence-corrected chi connectivity index (χ0v) is 11.2. The number of carbonyl (C=O) groups is 2. The molecule has 1 atom stereocenters. The molecule has 1 aliphatic heterocycles. The number of carboxylic acids is 1. The van der Waals surface area contributed by atoms with Gasteiger partial charge in [0.05, 0.1) is 10.9 Å². The molecule has 1 fully saturated rings. The minimum Gasteiger partial charge on any atom is -0.550 e. The number of carbonyl (C=O) groups excluding carboxylic acids is 2. The first-order valence-corrected chi connectivity index (χ1v) is 6.81. The number of amides is 1. The lowest BCUT2D eigenvalue weighted by molar-refractivity contribution is -0.305. The Hall–Kier alpha value is -1.82. The third-order valence-electron chi connectivity index (χ3n) is 2.67. The quantitative estimate of drug-likeness (QED) is 0.815. The number of aliphatic imine (C=N–C) groups is 1. The molecule has 1 amide bonds. The Morgan fingerprint density at radius 2 is 2.11 bits per heavy atom. The molecule has 1 aromatic carbocycles. The Labute approximate surface area is 115 Å². The average Bonchev–Trinajstić information content (AvgIpc) is 2.66. The SMILES string of the molecule is CCN1C(=O)[C@H](CC(=O)[O-])SC1=Nc1ccccc1. The number of rotatable bonds is 4. The lowest BCUT2D eigenvalue weighted by Gasteiger charge is -2.13. The summed E-state index contributed by atoms with van der Waals surface area (Å²) in [7, 11) is 0. The summed E-state index contributed by atoms with van der Waals surface area (Å²) in [4.78, 5) is 28.5. The highest BCUT2D eigenvalue weighted by Gasteiger charge is 2.36. The van der Waals surface area contributed by atoms with E-state index in [1.54, 1.807) is 0 Å². The predicted octanol–water partition coefficient (Wildman–Crippen LogP) is 0.778. The minimum atomic E-state index is -1.22. The zero-order chi connectivity index (χ0) is 13.8. The van der Waals surface area contributed by atoms with Crippen LogP contribution in [0.2, 0.25) is 0 Å². The monoisotopic (exact) mass is 277 g/mol. The van der Waals surface area contributed by atoms with Crippen molar-refractivity contribution in [1.82, 2.24) is 4.90 Å². The van der Waals surface area contributed by atoms with Crippen molar-refractivity contribution in [3.8, 4) is 0 Å². The van der Waals surface area contributed by atoms with Crippen LogP contribution in [-0.2, 0) is 9.59 Å². The van der Waals surface area contributed by atoms with Gasteiger partial charge in [0.15, 0.2) is 5.17 Å². The van der Waals surface area contributed by atoms with Gasteiger partial charge < -0.3 is 9.90 Å². The number of amidine groups is 1. The van der Waals surface area contributed by atoms with E-state index in [9.17, 15) is 14.7 Å². The van der Waals surface area contributed by atoms with E-state index in [0.29, 0.717) is 11.7 Å². The summed E-state index contributed by atoms with van der Waals surface area (Å²) in [5.41, 5.74) is 0.741. The van der Waals surface area contributed by atoms with Crippen LogP contribution in [0.4, 0.5) is 5.69 Å². The Bertz CT molecular complexity index is 516. The van der Waals surface area contributed by atoms with Gasteiger partial charge in [-0.2, -0.15) is 0 Å². The highest BCUT2D eigenvalue weighted by molar-refractivity contribution is 8.15. The van der Waals surface area contributed by atoms with Crippen molar-refractivity contribution in [3.05, 3.63) is 30.3 Å². The Balaban J connectivity index is 2.23. The number of aliphatic carboxylic acids is 1. The van der Waals surface area contributed by atoms with Gasteiger partial charge in [0, 0.05) is 18.9 Å². The van der Waals surface area contributed by atoms with E-state index >= 15 is 0 Å². The lowest BCUT2D eigenvalue weighted by atomic mass is 10.3. The Morgan fingerprint density at radius 1 is 1.42 bits per heavy atom. The maximum Gasteiger partial charge on any atom is 0.242 e. The number of benzene rings is 1. The molecule has 2 rings (SSSR count). The molecule has 0 radical (unpaired) electrons.